The number of benzene rings is 8. The number of hydrogen-bond acceptors (Lipinski definition) is 2. The lowest BCUT2D eigenvalue weighted by Gasteiger charge is -2.43. The average molecular weight is 735 g/mol. The van der Waals surface area contributed by atoms with Crippen LogP contribution < -0.4 is 9.80 Å². The monoisotopic (exact) mass is 734 g/mol. The zero-order valence-electron chi connectivity index (χ0n) is 33.1. The highest BCUT2D eigenvalue weighted by atomic mass is 15.2. The highest BCUT2D eigenvalue weighted by molar-refractivity contribution is 5.91. The van der Waals surface area contributed by atoms with Gasteiger partial charge in [-0.05, 0) is 135 Å². The number of rotatable bonds is 7. The summed E-state index contributed by atoms with van der Waals surface area (Å²) in [6, 6.07) is 71.4. The molecule has 10 rings (SSSR count). The third-order valence-corrected chi connectivity index (χ3v) is 12.8. The molecule has 0 radical (unpaired) electrons. The molecule has 8 aromatic carbocycles. The summed E-state index contributed by atoms with van der Waals surface area (Å²) in [6.07, 6.45) is 1.04. The van der Waals surface area contributed by atoms with Gasteiger partial charge in [0.2, 0.25) is 0 Å². The Hall–Kier alpha value is -6.64. The molecule has 1 atom stereocenters. The Kier molecular flexibility index (Phi) is 8.27. The molecule has 1 aliphatic carbocycles. The van der Waals surface area contributed by atoms with Crippen LogP contribution in [-0.2, 0) is 10.8 Å². The second-order valence-corrected chi connectivity index (χ2v) is 16.3. The topological polar surface area (TPSA) is 6.48 Å². The van der Waals surface area contributed by atoms with Crippen molar-refractivity contribution < 1.29 is 0 Å². The maximum absolute atomic E-state index is 2.52. The summed E-state index contributed by atoms with van der Waals surface area (Å²) in [4.78, 5) is 4.84. The molecule has 1 aliphatic heterocycles. The van der Waals surface area contributed by atoms with Gasteiger partial charge >= 0.3 is 0 Å². The van der Waals surface area contributed by atoms with Crippen molar-refractivity contribution in [2.24, 2.45) is 0 Å². The molecule has 0 N–H and O–H groups in total. The van der Waals surface area contributed by atoms with E-state index >= 15 is 0 Å². The van der Waals surface area contributed by atoms with E-state index in [4.69, 9.17) is 0 Å². The fourth-order valence-corrected chi connectivity index (χ4v) is 9.50. The molecular formula is C55H46N2. The van der Waals surface area contributed by atoms with Crippen LogP contribution in [0.25, 0.3) is 33.4 Å². The molecule has 2 nitrogen and oxygen atoms in total. The summed E-state index contributed by atoms with van der Waals surface area (Å²) in [6.45, 7) is 9.54. The van der Waals surface area contributed by atoms with Crippen molar-refractivity contribution in [2.45, 2.75) is 44.9 Å². The molecule has 1 unspecified atom stereocenters. The van der Waals surface area contributed by atoms with Crippen molar-refractivity contribution >= 4 is 34.1 Å². The van der Waals surface area contributed by atoms with E-state index in [1.807, 2.05) is 0 Å². The van der Waals surface area contributed by atoms with Crippen LogP contribution in [0.2, 0.25) is 0 Å². The van der Waals surface area contributed by atoms with E-state index in [1.54, 1.807) is 0 Å². The minimum atomic E-state index is -0.260. The Morgan fingerprint density at radius 3 is 1.46 bits per heavy atom. The van der Waals surface area contributed by atoms with E-state index in [2.05, 4.69) is 232 Å². The van der Waals surface area contributed by atoms with Crippen LogP contribution in [0.1, 0.15) is 56.4 Å². The molecule has 2 heteroatoms. The van der Waals surface area contributed by atoms with Crippen LogP contribution in [0.5, 0.6) is 0 Å². The number of para-hydroxylation sites is 2. The van der Waals surface area contributed by atoms with Crippen LogP contribution in [0.15, 0.2) is 194 Å². The molecule has 1 heterocycles. The highest BCUT2D eigenvalue weighted by Gasteiger charge is 2.41. The first-order chi connectivity index (χ1) is 27.8. The molecule has 0 saturated heterocycles. The summed E-state index contributed by atoms with van der Waals surface area (Å²) < 4.78 is 0. The van der Waals surface area contributed by atoms with Gasteiger partial charge in [0.25, 0.3) is 0 Å². The molecule has 0 fully saturated rings. The number of fused-ring (bicyclic) bond motifs is 5. The van der Waals surface area contributed by atoms with E-state index in [0.717, 1.165) is 23.5 Å². The first-order valence-corrected chi connectivity index (χ1v) is 20.2. The molecule has 0 spiro atoms. The number of nitrogens with zero attached hydrogens (tertiary/aromatic N) is 2. The van der Waals surface area contributed by atoms with Crippen LogP contribution >= 0.6 is 0 Å². The highest BCUT2D eigenvalue weighted by Crippen LogP contribution is 2.56. The fraction of sp³-hybridized carbons (Fsp3) is 0.127. The molecule has 2 aliphatic rings. The Balaban J connectivity index is 1.11. The standard InChI is InChI=1S/C55H46N2/c1-5-55(4)48-24-16-15-23-46(48)47-32-31-45(37-49(47)55)57-52-33-27-40(38-17-9-6-10-18-38)35-50(52)54(2,3)51-36-41(28-34-53(51)57)39-25-29-44(30-26-39)56(42-19-11-7-12-20-42)43-21-13-8-14-22-43/h6-37H,5H2,1-4H3. The van der Waals surface area contributed by atoms with E-state index in [9.17, 15) is 0 Å². The van der Waals surface area contributed by atoms with Crippen molar-refractivity contribution in [1.82, 2.24) is 0 Å². The summed E-state index contributed by atoms with van der Waals surface area (Å²) >= 11 is 0. The van der Waals surface area contributed by atoms with E-state index in [-0.39, 0.29) is 10.8 Å². The minimum absolute atomic E-state index is 0.0492. The van der Waals surface area contributed by atoms with Gasteiger partial charge in [-0.25, -0.2) is 0 Å². The minimum Gasteiger partial charge on any atom is -0.311 e. The lowest BCUT2D eigenvalue weighted by molar-refractivity contribution is 0.564. The van der Waals surface area contributed by atoms with Crippen LogP contribution in [0.3, 0.4) is 0 Å². The summed E-state index contributed by atoms with van der Waals surface area (Å²) in [5.41, 5.74) is 19.8. The molecule has 0 amide bonds. The van der Waals surface area contributed by atoms with E-state index in [1.165, 1.54) is 72.7 Å². The van der Waals surface area contributed by atoms with Crippen molar-refractivity contribution in [2.75, 3.05) is 9.80 Å². The normalized spacial score (nSPS) is 16.0. The zero-order valence-corrected chi connectivity index (χ0v) is 33.1. The first-order valence-electron chi connectivity index (χ1n) is 20.2. The smallest absolute Gasteiger partial charge is 0.0503 e. The van der Waals surface area contributed by atoms with Gasteiger partial charge in [0, 0.05) is 33.6 Å². The average Bonchev–Trinajstić information content (AvgIpc) is 3.52. The molecule has 8 aromatic rings. The summed E-state index contributed by atoms with van der Waals surface area (Å²) in [5.74, 6) is 0. The Labute approximate surface area is 337 Å². The van der Waals surface area contributed by atoms with Gasteiger partial charge in [0.1, 0.15) is 0 Å². The van der Waals surface area contributed by atoms with Gasteiger partial charge in [0.15, 0.2) is 0 Å². The van der Waals surface area contributed by atoms with Gasteiger partial charge in [-0.2, -0.15) is 0 Å². The predicted octanol–water partition coefficient (Wildman–Crippen LogP) is 15.3. The lowest BCUT2D eigenvalue weighted by Crippen LogP contribution is -2.31. The van der Waals surface area contributed by atoms with E-state index in [0.29, 0.717) is 0 Å². The Bertz CT molecular complexity index is 2710. The van der Waals surface area contributed by atoms with Crippen LogP contribution in [0.4, 0.5) is 34.1 Å². The summed E-state index contributed by atoms with van der Waals surface area (Å²) in [7, 11) is 0. The number of anilines is 6. The Morgan fingerprint density at radius 1 is 0.404 bits per heavy atom. The van der Waals surface area contributed by atoms with E-state index < -0.39 is 0 Å². The largest absolute Gasteiger partial charge is 0.311 e. The van der Waals surface area contributed by atoms with Gasteiger partial charge in [-0.15, -0.1) is 0 Å². The molecule has 0 aromatic heterocycles. The molecule has 0 bridgehead atoms. The molecular weight excluding hydrogens is 689 g/mol. The molecule has 0 saturated carbocycles. The van der Waals surface area contributed by atoms with Crippen molar-refractivity contribution in [3.8, 4) is 33.4 Å². The maximum Gasteiger partial charge on any atom is 0.0503 e. The maximum atomic E-state index is 2.52. The zero-order chi connectivity index (χ0) is 38.7. The summed E-state index contributed by atoms with van der Waals surface area (Å²) in [5, 5.41) is 0. The lowest BCUT2D eigenvalue weighted by atomic mass is 9.72. The van der Waals surface area contributed by atoms with Gasteiger partial charge < -0.3 is 9.80 Å². The SMILES string of the molecule is CCC1(C)c2ccccc2-c2ccc(N3c4ccc(-c5ccccc5)cc4C(C)(C)c4cc(-c5ccc(N(c6ccccc6)c6ccccc6)cc5)ccc43)cc21. The second kappa shape index (κ2) is 13.5. The van der Waals surface area contributed by atoms with Crippen LogP contribution in [-0.4, -0.2) is 0 Å². The number of hydrogen-bond donors (Lipinski definition) is 0. The molecule has 57 heavy (non-hydrogen) atoms. The van der Waals surface area contributed by atoms with Gasteiger partial charge in [0.05, 0.1) is 11.4 Å². The first kappa shape index (κ1) is 34.8. The van der Waals surface area contributed by atoms with Crippen molar-refractivity contribution in [1.29, 1.82) is 0 Å². The van der Waals surface area contributed by atoms with Crippen molar-refractivity contribution in [3.63, 3.8) is 0 Å². The molecule has 276 valence electrons. The van der Waals surface area contributed by atoms with Crippen LogP contribution in [0, 0.1) is 0 Å². The van der Waals surface area contributed by atoms with Gasteiger partial charge in [-0.3, -0.25) is 0 Å². The third-order valence-electron chi connectivity index (χ3n) is 12.8. The predicted molar refractivity (Wildman–Crippen MR) is 241 cm³/mol. The third kappa shape index (κ3) is 5.62. The Morgan fingerprint density at radius 2 is 0.877 bits per heavy atom. The quantitative estimate of drug-likeness (QED) is 0.161. The fourth-order valence-electron chi connectivity index (χ4n) is 9.50. The second-order valence-electron chi connectivity index (χ2n) is 16.3. The van der Waals surface area contributed by atoms with Gasteiger partial charge in [-0.1, -0.05) is 149 Å². The van der Waals surface area contributed by atoms with Crippen molar-refractivity contribution in [3.05, 3.63) is 216 Å².